The number of nitrogens with one attached hydrogen (secondary N) is 1. The van der Waals surface area contributed by atoms with E-state index in [0.717, 1.165) is 4.47 Å². The lowest BCUT2D eigenvalue weighted by atomic mass is 10.3. The lowest BCUT2D eigenvalue weighted by Crippen LogP contribution is -2.21. The molecular formula is C11H13BrN6O2. The van der Waals surface area contributed by atoms with Crippen LogP contribution in [0.5, 0.6) is 0 Å². The fourth-order valence-corrected chi connectivity index (χ4v) is 1.95. The fourth-order valence-electron chi connectivity index (χ4n) is 1.62. The lowest BCUT2D eigenvalue weighted by Gasteiger charge is -2.03. The highest BCUT2D eigenvalue weighted by atomic mass is 79.9. The van der Waals surface area contributed by atoms with Gasteiger partial charge in [0, 0.05) is 18.9 Å². The largest absolute Gasteiger partial charge is 0.364 e. The smallest absolute Gasteiger partial charge is 0.271 e. The van der Waals surface area contributed by atoms with Crippen LogP contribution in [0.3, 0.4) is 0 Å². The van der Waals surface area contributed by atoms with Crippen molar-refractivity contribution in [3.05, 3.63) is 28.8 Å². The highest BCUT2D eigenvalue weighted by Crippen LogP contribution is 2.13. The van der Waals surface area contributed by atoms with Crippen molar-refractivity contribution in [1.82, 2.24) is 19.6 Å². The number of rotatable bonds is 5. The van der Waals surface area contributed by atoms with Crippen molar-refractivity contribution >= 4 is 33.4 Å². The summed E-state index contributed by atoms with van der Waals surface area (Å²) in [5.74, 6) is -1.01. The van der Waals surface area contributed by atoms with E-state index < -0.39 is 5.91 Å². The summed E-state index contributed by atoms with van der Waals surface area (Å²) in [6.45, 7) is 2.47. The van der Waals surface area contributed by atoms with Gasteiger partial charge >= 0.3 is 0 Å². The van der Waals surface area contributed by atoms with Crippen LogP contribution in [0.2, 0.25) is 0 Å². The van der Waals surface area contributed by atoms with E-state index in [-0.39, 0.29) is 18.1 Å². The molecule has 0 aromatic carbocycles. The molecule has 2 heterocycles. The number of nitrogens with two attached hydrogens (primary N) is 1. The number of carbonyl (C=O) groups is 2. The van der Waals surface area contributed by atoms with Crippen LogP contribution in [-0.4, -0.2) is 31.4 Å². The molecule has 9 heteroatoms. The first-order chi connectivity index (χ1) is 9.49. The number of hydrogen-bond donors (Lipinski definition) is 2. The molecule has 3 N–H and O–H groups in total. The van der Waals surface area contributed by atoms with E-state index in [4.69, 9.17) is 5.73 Å². The minimum absolute atomic E-state index is 0.0289. The van der Waals surface area contributed by atoms with Crippen molar-refractivity contribution in [2.24, 2.45) is 5.73 Å². The molecule has 0 aliphatic carbocycles. The van der Waals surface area contributed by atoms with Gasteiger partial charge in [-0.3, -0.25) is 19.0 Å². The second-order valence-corrected chi connectivity index (χ2v) is 4.93. The molecule has 2 aromatic rings. The zero-order chi connectivity index (χ0) is 14.7. The van der Waals surface area contributed by atoms with E-state index in [1.165, 1.54) is 9.36 Å². The molecule has 0 atom stereocenters. The van der Waals surface area contributed by atoms with Gasteiger partial charge in [-0.25, -0.2) is 0 Å². The second kappa shape index (κ2) is 5.87. The predicted molar refractivity (Wildman–Crippen MR) is 75.0 cm³/mol. The Morgan fingerprint density at radius 3 is 2.70 bits per heavy atom. The first-order valence-electron chi connectivity index (χ1n) is 5.84. The lowest BCUT2D eigenvalue weighted by molar-refractivity contribution is -0.116. The minimum atomic E-state index is -0.686. The van der Waals surface area contributed by atoms with Crippen molar-refractivity contribution in [3.8, 4) is 0 Å². The molecule has 8 nitrogen and oxygen atoms in total. The van der Waals surface area contributed by atoms with E-state index in [0.29, 0.717) is 12.2 Å². The zero-order valence-corrected chi connectivity index (χ0v) is 12.3. The molecule has 0 spiro atoms. The zero-order valence-electron chi connectivity index (χ0n) is 10.7. The third-order valence-corrected chi connectivity index (χ3v) is 2.91. The average molecular weight is 341 g/mol. The van der Waals surface area contributed by atoms with E-state index in [1.807, 2.05) is 6.92 Å². The van der Waals surface area contributed by atoms with Crippen LogP contribution >= 0.6 is 15.9 Å². The minimum Gasteiger partial charge on any atom is -0.364 e. The summed E-state index contributed by atoms with van der Waals surface area (Å²) in [5.41, 5.74) is 5.57. The Hall–Kier alpha value is -2.16. The molecule has 0 saturated heterocycles. The Kier molecular flexibility index (Phi) is 4.18. The Morgan fingerprint density at radius 1 is 1.40 bits per heavy atom. The predicted octanol–water partition coefficient (Wildman–Crippen LogP) is 0.600. The quantitative estimate of drug-likeness (QED) is 0.830. The van der Waals surface area contributed by atoms with Crippen molar-refractivity contribution < 1.29 is 9.59 Å². The maximum absolute atomic E-state index is 11.9. The first kappa shape index (κ1) is 14.3. The van der Waals surface area contributed by atoms with Gasteiger partial charge < -0.3 is 11.1 Å². The van der Waals surface area contributed by atoms with Gasteiger partial charge in [0.15, 0.2) is 5.69 Å². The van der Waals surface area contributed by atoms with E-state index >= 15 is 0 Å². The molecule has 2 rings (SSSR count). The molecule has 0 aliphatic heterocycles. The van der Waals surface area contributed by atoms with Crippen molar-refractivity contribution in [2.45, 2.75) is 20.0 Å². The Labute approximate surface area is 123 Å². The van der Waals surface area contributed by atoms with Crippen molar-refractivity contribution in [3.63, 3.8) is 0 Å². The Morgan fingerprint density at radius 2 is 2.15 bits per heavy atom. The van der Waals surface area contributed by atoms with Crippen LogP contribution in [0.1, 0.15) is 17.4 Å². The molecule has 0 unspecified atom stereocenters. The summed E-state index contributed by atoms with van der Waals surface area (Å²) in [7, 11) is 0. The molecule has 2 aromatic heterocycles. The Bertz CT molecular complexity index is 647. The maximum atomic E-state index is 11.9. The standard InChI is InChI=1S/C11H13BrN6O2/c1-2-17-5-8(10(16-17)11(13)20)15-9(19)6-18-4-7(12)3-14-18/h3-5H,2,6H2,1H3,(H2,13,20)(H,15,19). The van der Waals surface area contributed by atoms with Gasteiger partial charge in [0.2, 0.25) is 5.91 Å². The number of aryl methyl sites for hydroxylation is 1. The van der Waals surface area contributed by atoms with Gasteiger partial charge in [0.25, 0.3) is 5.91 Å². The SMILES string of the molecule is CCn1cc(NC(=O)Cn2cc(Br)cn2)c(C(N)=O)n1. The topological polar surface area (TPSA) is 108 Å². The third-order valence-electron chi connectivity index (χ3n) is 2.50. The summed E-state index contributed by atoms with van der Waals surface area (Å²) in [6, 6.07) is 0. The molecule has 20 heavy (non-hydrogen) atoms. The summed E-state index contributed by atoms with van der Waals surface area (Å²) >= 11 is 3.24. The van der Waals surface area contributed by atoms with Crippen LogP contribution in [-0.2, 0) is 17.9 Å². The molecule has 2 amide bonds. The third kappa shape index (κ3) is 3.23. The summed E-state index contributed by atoms with van der Waals surface area (Å²) < 4.78 is 3.77. The van der Waals surface area contributed by atoms with Crippen LogP contribution in [0.15, 0.2) is 23.1 Å². The van der Waals surface area contributed by atoms with E-state index in [1.54, 1.807) is 18.6 Å². The highest BCUT2D eigenvalue weighted by molar-refractivity contribution is 9.10. The van der Waals surface area contributed by atoms with Crippen molar-refractivity contribution in [1.29, 1.82) is 0 Å². The Balaban J connectivity index is 2.10. The molecule has 106 valence electrons. The molecule has 0 saturated carbocycles. The number of hydrogen-bond acceptors (Lipinski definition) is 4. The monoisotopic (exact) mass is 340 g/mol. The number of carbonyl (C=O) groups excluding carboxylic acids is 2. The van der Waals surface area contributed by atoms with E-state index in [2.05, 4.69) is 31.4 Å². The van der Waals surface area contributed by atoms with Crippen LogP contribution in [0, 0.1) is 0 Å². The molecule has 0 bridgehead atoms. The first-order valence-corrected chi connectivity index (χ1v) is 6.64. The average Bonchev–Trinajstić information content (AvgIpc) is 2.95. The highest BCUT2D eigenvalue weighted by Gasteiger charge is 2.16. The van der Waals surface area contributed by atoms with Crippen molar-refractivity contribution in [2.75, 3.05) is 5.32 Å². The number of primary amides is 1. The van der Waals surface area contributed by atoms with Gasteiger partial charge in [-0.2, -0.15) is 10.2 Å². The van der Waals surface area contributed by atoms with Gasteiger partial charge in [0.1, 0.15) is 6.54 Å². The van der Waals surface area contributed by atoms with Crippen LogP contribution < -0.4 is 11.1 Å². The number of aromatic nitrogens is 4. The number of nitrogens with zero attached hydrogens (tertiary/aromatic N) is 4. The van der Waals surface area contributed by atoms with Gasteiger partial charge in [-0.1, -0.05) is 0 Å². The molecule has 0 radical (unpaired) electrons. The summed E-state index contributed by atoms with van der Waals surface area (Å²) in [5, 5.41) is 10.6. The molecule has 0 aliphatic rings. The number of anilines is 1. The summed E-state index contributed by atoms with van der Waals surface area (Å²) in [4.78, 5) is 23.2. The van der Waals surface area contributed by atoms with Gasteiger partial charge in [-0.05, 0) is 22.9 Å². The number of halogens is 1. The second-order valence-electron chi connectivity index (χ2n) is 4.02. The van der Waals surface area contributed by atoms with E-state index in [9.17, 15) is 9.59 Å². The molecular weight excluding hydrogens is 328 g/mol. The summed E-state index contributed by atoms with van der Waals surface area (Å²) in [6.07, 6.45) is 4.82. The van der Waals surface area contributed by atoms with Gasteiger partial charge in [-0.15, -0.1) is 0 Å². The fraction of sp³-hybridized carbons (Fsp3) is 0.273. The van der Waals surface area contributed by atoms with Gasteiger partial charge in [0.05, 0.1) is 16.4 Å². The normalized spacial score (nSPS) is 10.5. The molecule has 0 fully saturated rings. The van der Waals surface area contributed by atoms with Crippen LogP contribution in [0.4, 0.5) is 5.69 Å². The maximum Gasteiger partial charge on any atom is 0.271 e. The number of amides is 2. The van der Waals surface area contributed by atoms with Crippen LogP contribution in [0.25, 0.3) is 0 Å².